The maximum atomic E-state index is 11.9. The molecule has 0 aliphatic heterocycles. The van der Waals surface area contributed by atoms with E-state index in [4.69, 9.17) is 4.74 Å². The van der Waals surface area contributed by atoms with Crippen LogP contribution in [-0.4, -0.2) is 22.4 Å². The van der Waals surface area contributed by atoms with Gasteiger partial charge in [0.15, 0.2) is 0 Å². The summed E-state index contributed by atoms with van der Waals surface area (Å²) in [6.45, 7) is 5.93. The van der Waals surface area contributed by atoms with Crippen LogP contribution in [0.3, 0.4) is 0 Å². The van der Waals surface area contributed by atoms with Crippen molar-refractivity contribution in [1.82, 2.24) is 9.78 Å². The molecule has 0 saturated carbocycles. The van der Waals surface area contributed by atoms with Crippen molar-refractivity contribution in [2.24, 2.45) is 0 Å². The molecule has 1 heterocycles. The molecule has 0 bridgehead atoms. The van der Waals surface area contributed by atoms with Crippen molar-refractivity contribution in [3.8, 4) is 0 Å². The lowest BCUT2D eigenvalue weighted by Crippen LogP contribution is -2.33. The van der Waals surface area contributed by atoms with Gasteiger partial charge in [-0.1, -0.05) is 6.42 Å². The van der Waals surface area contributed by atoms with E-state index in [9.17, 15) is 14.4 Å². The summed E-state index contributed by atoms with van der Waals surface area (Å²) in [5, 5.41) is 2.56. The smallest absolute Gasteiger partial charge is 0.305 e. The zero-order valence-electron chi connectivity index (χ0n) is 12.3. The average Bonchev–Trinajstić information content (AvgIpc) is 2.42. The van der Waals surface area contributed by atoms with Gasteiger partial charge in [0.05, 0.1) is 6.61 Å². The normalized spacial score (nSPS) is 10.6. The summed E-state index contributed by atoms with van der Waals surface area (Å²) in [6.07, 6.45) is 2.66. The van der Waals surface area contributed by atoms with Crippen molar-refractivity contribution in [2.75, 3.05) is 6.61 Å². The highest BCUT2D eigenvalue weighted by Gasteiger charge is 2.07. The third-order valence-corrected chi connectivity index (χ3v) is 3.27. The minimum Gasteiger partial charge on any atom is -0.466 e. The van der Waals surface area contributed by atoms with E-state index in [0.717, 1.165) is 19.3 Å². The Labute approximate surface area is 117 Å². The molecule has 0 radical (unpaired) electrons. The lowest BCUT2D eigenvalue weighted by molar-refractivity contribution is -0.143. The van der Waals surface area contributed by atoms with Crippen LogP contribution in [0, 0.1) is 13.8 Å². The summed E-state index contributed by atoms with van der Waals surface area (Å²) in [5.41, 5.74) is 0.565. The van der Waals surface area contributed by atoms with Crippen molar-refractivity contribution in [3.05, 3.63) is 31.8 Å². The number of aromatic amines is 1. The molecule has 20 heavy (non-hydrogen) atoms. The van der Waals surface area contributed by atoms with E-state index in [1.54, 1.807) is 20.8 Å². The van der Waals surface area contributed by atoms with E-state index < -0.39 is 0 Å². The van der Waals surface area contributed by atoms with Gasteiger partial charge in [0.2, 0.25) is 0 Å². The summed E-state index contributed by atoms with van der Waals surface area (Å²) in [5.74, 6) is -0.191. The third kappa shape index (κ3) is 4.36. The monoisotopic (exact) mass is 282 g/mol. The quantitative estimate of drug-likeness (QED) is 0.603. The minimum absolute atomic E-state index is 0.160. The summed E-state index contributed by atoms with van der Waals surface area (Å²) < 4.78 is 6.17. The van der Waals surface area contributed by atoms with Gasteiger partial charge in [0.1, 0.15) is 0 Å². The Kier molecular flexibility index (Phi) is 6.21. The van der Waals surface area contributed by atoms with Gasteiger partial charge in [-0.2, -0.15) is 0 Å². The zero-order valence-corrected chi connectivity index (χ0v) is 12.3. The molecule has 0 aliphatic carbocycles. The Morgan fingerprint density at radius 3 is 2.50 bits per heavy atom. The van der Waals surface area contributed by atoms with Gasteiger partial charge in [0.25, 0.3) is 11.1 Å². The van der Waals surface area contributed by atoms with Gasteiger partial charge in [-0.05, 0) is 33.6 Å². The molecule has 0 aromatic carbocycles. The molecule has 0 spiro atoms. The fourth-order valence-electron chi connectivity index (χ4n) is 1.90. The van der Waals surface area contributed by atoms with Crippen molar-refractivity contribution in [3.63, 3.8) is 0 Å². The van der Waals surface area contributed by atoms with E-state index in [1.807, 2.05) is 0 Å². The van der Waals surface area contributed by atoms with Crippen LogP contribution in [0.4, 0.5) is 0 Å². The molecule has 0 fully saturated rings. The summed E-state index contributed by atoms with van der Waals surface area (Å²) >= 11 is 0. The largest absolute Gasteiger partial charge is 0.466 e. The van der Waals surface area contributed by atoms with Gasteiger partial charge in [0, 0.05) is 24.1 Å². The average molecular weight is 282 g/mol. The molecule has 112 valence electrons. The molecule has 1 rings (SSSR count). The first-order valence-corrected chi connectivity index (χ1v) is 6.93. The van der Waals surface area contributed by atoms with Crippen molar-refractivity contribution in [1.29, 1.82) is 0 Å². The highest BCUT2D eigenvalue weighted by atomic mass is 16.5. The number of aromatic nitrogens is 2. The SMILES string of the molecule is CCOC(=O)CCCCCn1[nH]c(=O)c(C)c(C)c1=O. The van der Waals surface area contributed by atoms with Gasteiger partial charge >= 0.3 is 5.97 Å². The molecule has 6 heteroatoms. The molecule has 0 amide bonds. The van der Waals surface area contributed by atoms with Crippen molar-refractivity contribution < 1.29 is 9.53 Å². The first-order chi connectivity index (χ1) is 9.47. The van der Waals surface area contributed by atoms with Gasteiger partial charge in [-0.3, -0.25) is 24.2 Å². The highest BCUT2D eigenvalue weighted by molar-refractivity contribution is 5.69. The molecule has 1 N–H and O–H groups in total. The molecular formula is C14H22N2O4. The van der Waals surface area contributed by atoms with E-state index in [-0.39, 0.29) is 17.1 Å². The Morgan fingerprint density at radius 2 is 1.85 bits per heavy atom. The second-order valence-corrected chi connectivity index (χ2v) is 4.76. The summed E-state index contributed by atoms with van der Waals surface area (Å²) in [7, 11) is 0. The van der Waals surface area contributed by atoms with Crippen LogP contribution in [0.15, 0.2) is 9.59 Å². The number of hydrogen-bond donors (Lipinski definition) is 1. The number of rotatable bonds is 7. The fraction of sp³-hybridized carbons (Fsp3) is 0.643. The van der Waals surface area contributed by atoms with Gasteiger partial charge in [-0.15, -0.1) is 0 Å². The third-order valence-electron chi connectivity index (χ3n) is 3.27. The summed E-state index contributed by atoms with van der Waals surface area (Å²) in [6, 6.07) is 0. The highest BCUT2D eigenvalue weighted by Crippen LogP contribution is 2.02. The van der Waals surface area contributed by atoms with E-state index in [0.29, 0.717) is 30.7 Å². The maximum absolute atomic E-state index is 11.9. The minimum atomic E-state index is -0.228. The first kappa shape index (κ1) is 16.2. The molecule has 0 saturated heterocycles. The van der Waals surface area contributed by atoms with Crippen molar-refractivity contribution >= 4 is 5.97 Å². The Bertz CT molecular complexity index is 572. The number of hydrogen-bond acceptors (Lipinski definition) is 4. The number of esters is 1. The predicted molar refractivity (Wildman–Crippen MR) is 75.9 cm³/mol. The standard InChI is InChI=1S/C14H22N2O4/c1-4-20-12(17)8-6-5-7-9-16-14(19)11(3)10(2)13(18)15-16/h4-9H2,1-3H3,(H,15,18). The van der Waals surface area contributed by atoms with Crippen molar-refractivity contribution in [2.45, 2.75) is 53.0 Å². The van der Waals surface area contributed by atoms with Crippen LogP contribution >= 0.6 is 0 Å². The summed E-state index contributed by atoms with van der Waals surface area (Å²) in [4.78, 5) is 34.6. The molecular weight excluding hydrogens is 260 g/mol. The van der Waals surface area contributed by atoms with E-state index in [1.165, 1.54) is 4.68 Å². The molecule has 0 unspecified atom stereocenters. The molecule has 1 aromatic rings. The Balaban J connectivity index is 2.46. The zero-order chi connectivity index (χ0) is 15.1. The number of carbonyl (C=O) groups is 1. The van der Waals surface area contributed by atoms with Gasteiger partial charge in [-0.25, -0.2) is 0 Å². The molecule has 0 aliphatic rings. The molecule has 1 aromatic heterocycles. The molecule has 6 nitrogen and oxygen atoms in total. The van der Waals surface area contributed by atoms with Crippen LogP contribution in [0.2, 0.25) is 0 Å². The fourth-order valence-corrected chi connectivity index (χ4v) is 1.90. The maximum Gasteiger partial charge on any atom is 0.305 e. The number of unbranched alkanes of at least 4 members (excludes halogenated alkanes) is 2. The van der Waals surface area contributed by atoms with Crippen LogP contribution < -0.4 is 11.1 Å². The van der Waals surface area contributed by atoms with Crippen LogP contribution in [-0.2, 0) is 16.1 Å². The lowest BCUT2D eigenvalue weighted by atomic mass is 10.2. The van der Waals surface area contributed by atoms with E-state index >= 15 is 0 Å². The second-order valence-electron chi connectivity index (χ2n) is 4.76. The van der Waals surface area contributed by atoms with Crippen LogP contribution in [0.5, 0.6) is 0 Å². The number of ether oxygens (including phenoxy) is 1. The van der Waals surface area contributed by atoms with E-state index in [2.05, 4.69) is 5.10 Å². The number of nitrogens with one attached hydrogen (secondary N) is 1. The van der Waals surface area contributed by atoms with Crippen LogP contribution in [0.25, 0.3) is 0 Å². The number of carbonyl (C=O) groups excluding carboxylic acids is 1. The second kappa shape index (κ2) is 7.67. The molecule has 0 atom stereocenters. The lowest BCUT2D eigenvalue weighted by Gasteiger charge is -2.08. The number of nitrogens with zero attached hydrogens (tertiary/aromatic N) is 1. The predicted octanol–water partition coefficient (Wildman–Crippen LogP) is 1.28. The Hall–Kier alpha value is -1.85. The Morgan fingerprint density at radius 1 is 1.15 bits per heavy atom. The topological polar surface area (TPSA) is 81.2 Å². The van der Waals surface area contributed by atoms with Gasteiger partial charge < -0.3 is 4.74 Å². The first-order valence-electron chi connectivity index (χ1n) is 6.93. The number of aryl methyl sites for hydroxylation is 1. The number of H-pyrrole nitrogens is 1. The van der Waals surface area contributed by atoms with Crippen LogP contribution in [0.1, 0.15) is 43.7 Å².